The Morgan fingerprint density at radius 3 is 2.75 bits per heavy atom. The molecular formula is C15H18N2O3. The lowest BCUT2D eigenvalue weighted by Crippen LogP contribution is -2.26. The summed E-state index contributed by atoms with van der Waals surface area (Å²) in [5.74, 6) is -0.973. The van der Waals surface area contributed by atoms with E-state index in [1.165, 1.54) is 18.9 Å². The van der Waals surface area contributed by atoms with Crippen LogP contribution in [0.1, 0.15) is 43.0 Å². The lowest BCUT2D eigenvalue weighted by molar-refractivity contribution is 0.0697. The molecule has 0 radical (unpaired) electrons. The molecule has 1 aliphatic rings. The van der Waals surface area contributed by atoms with Crippen LogP contribution in [0.5, 0.6) is 0 Å². The standard InChI is InChI=1S/C15H18N2O3/c1-15(6-2-3-7-15)9-17-12-8-10(13(18)19)4-5-11(12)16-14(17)20/h4-5,8H,2-3,6-7,9H2,1H3,(H,16,20)(H,18,19). The van der Waals surface area contributed by atoms with E-state index < -0.39 is 5.97 Å². The van der Waals surface area contributed by atoms with Gasteiger partial charge in [-0.2, -0.15) is 0 Å². The van der Waals surface area contributed by atoms with Gasteiger partial charge in [0, 0.05) is 6.54 Å². The van der Waals surface area contributed by atoms with Crippen LogP contribution in [0.2, 0.25) is 0 Å². The Morgan fingerprint density at radius 1 is 1.40 bits per heavy atom. The van der Waals surface area contributed by atoms with Gasteiger partial charge >= 0.3 is 11.7 Å². The Kier molecular flexibility index (Phi) is 2.92. The van der Waals surface area contributed by atoms with Crippen LogP contribution in [0.15, 0.2) is 23.0 Å². The molecule has 0 bridgehead atoms. The third-order valence-electron chi connectivity index (χ3n) is 4.37. The predicted octanol–water partition coefficient (Wildman–Crippen LogP) is 2.61. The Balaban J connectivity index is 2.09. The number of carbonyl (C=O) groups is 1. The van der Waals surface area contributed by atoms with E-state index in [0.29, 0.717) is 17.6 Å². The molecule has 3 rings (SSSR count). The molecule has 0 unspecified atom stereocenters. The van der Waals surface area contributed by atoms with Gasteiger partial charge < -0.3 is 10.1 Å². The van der Waals surface area contributed by atoms with Crippen LogP contribution in [0, 0.1) is 5.41 Å². The van der Waals surface area contributed by atoms with Crippen LogP contribution in [0.4, 0.5) is 0 Å². The average molecular weight is 274 g/mol. The third kappa shape index (κ3) is 2.13. The monoisotopic (exact) mass is 274 g/mol. The highest BCUT2D eigenvalue weighted by Crippen LogP contribution is 2.39. The SMILES string of the molecule is CC1(Cn2c(=O)[nH]c3ccc(C(=O)O)cc32)CCCC1. The van der Waals surface area contributed by atoms with Crippen LogP contribution in [-0.2, 0) is 6.54 Å². The van der Waals surface area contributed by atoms with Crippen LogP contribution in [0.25, 0.3) is 11.0 Å². The lowest BCUT2D eigenvalue weighted by atomic mass is 9.89. The van der Waals surface area contributed by atoms with Gasteiger partial charge in [0.1, 0.15) is 0 Å². The van der Waals surface area contributed by atoms with Gasteiger partial charge in [-0.05, 0) is 36.5 Å². The first-order valence-corrected chi connectivity index (χ1v) is 6.94. The number of H-pyrrole nitrogens is 1. The summed E-state index contributed by atoms with van der Waals surface area (Å²) in [5, 5.41) is 9.08. The van der Waals surface area contributed by atoms with Crippen molar-refractivity contribution < 1.29 is 9.90 Å². The highest BCUT2D eigenvalue weighted by atomic mass is 16.4. The highest BCUT2D eigenvalue weighted by Gasteiger charge is 2.30. The zero-order chi connectivity index (χ0) is 14.3. The molecule has 106 valence electrons. The molecule has 1 aromatic heterocycles. The van der Waals surface area contributed by atoms with Crippen LogP contribution >= 0.6 is 0 Å². The summed E-state index contributed by atoms with van der Waals surface area (Å²) >= 11 is 0. The van der Waals surface area contributed by atoms with Gasteiger partial charge in [-0.15, -0.1) is 0 Å². The summed E-state index contributed by atoms with van der Waals surface area (Å²) in [6, 6.07) is 4.75. The Bertz CT molecular complexity index is 720. The van der Waals surface area contributed by atoms with Crippen molar-refractivity contribution in [3.8, 4) is 0 Å². The minimum absolute atomic E-state index is 0.137. The number of hydrogen-bond acceptors (Lipinski definition) is 2. The Labute approximate surface area is 116 Å². The maximum absolute atomic E-state index is 12.1. The van der Waals surface area contributed by atoms with Crippen molar-refractivity contribution in [2.45, 2.75) is 39.2 Å². The molecule has 1 fully saturated rings. The van der Waals surface area contributed by atoms with Gasteiger partial charge in [-0.3, -0.25) is 4.57 Å². The zero-order valence-corrected chi connectivity index (χ0v) is 11.5. The largest absolute Gasteiger partial charge is 0.478 e. The Morgan fingerprint density at radius 2 is 2.10 bits per heavy atom. The number of hydrogen-bond donors (Lipinski definition) is 2. The smallest absolute Gasteiger partial charge is 0.335 e. The van der Waals surface area contributed by atoms with Gasteiger partial charge in [-0.25, -0.2) is 9.59 Å². The van der Waals surface area contributed by atoms with Gasteiger partial charge in [0.05, 0.1) is 16.6 Å². The maximum atomic E-state index is 12.1. The fourth-order valence-corrected chi connectivity index (χ4v) is 3.21. The first-order valence-electron chi connectivity index (χ1n) is 6.94. The molecule has 2 N–H and O–H groups in total. The van der Waals surface area contributed by atoms with E-state index in [2.05, 4.69) is 11.9 Å². The van der Waals surface area contributed by atoms with Crippen molar-refractivity contribution in [1.82, 2.24) is 9.55 Å². The Hall–Kier alpha value is -2.04. The molecule has 1 aromatic carbocycles. The molecule has 5 heteroatoms. The number of aromatic carboxylic acids is 1. The molecule has 0 spiro atoms. The van der Waals surface area contributed by atoms with Crippen molar-refractivity contribution >= 4 is 17.0 Å². The molecule has 0 aliphatic heterocycles. The van der Waals surface area contributed by atoms with Gasteiger partial charge in [0.15, 0.2) is 0 Å². The number of rotatable bonds is 3. The number of aromatic nitrogens is 2. The number of nitrogens with zero attached hydrogens (tertiary/aromatic N) is 1. The zero-order valence-electron chi connectivity index (χ0n) is 11.5. The minimum Gasteiger partial charge on any atom is -0.478 e. The van der Waals surface area contributed by atoms with Crippen molar-refractivity contribution in [1.29, 1.82) is 0 Å². The number of carboxylic acid groups (broad SMARTS) is 1. The molecule has 0 amide bonds. The summed E-state index contributed by atoms with van der Waals surface area (Å²) < 4.78 is 1.69. The molecule has 2 aromatic rings. The van der Waals surface area contributed by atoms with E-state index >= 15 is 0 Å². The molecule has 1 heterocycles. The first-order chi connectivity index (χ1) is 9.48. The summed E-state index contributed by atoms with van der Waals surface area (Å²) in [6.45, 7) is 2.85. The molecule has 0 saturated heterocycles. The minimum atomic E-state index is -0.973. The molecule has 20 heavy (non-hydrogen) atoms. The molecule has 0 atom stereocenters. The second kappa shape index (κ2) is 4.51. The predicted molar refractivity (Wildman–Crippen MR) is 76.1 cm³/mol. The first kappa shape index (κ1) is 13.0. The molecule has 1 aliphatic carbocycles. The van der Waals surface area contributed by atoms with E-state index in [1.807, 2.05) is 0 Å². The number of fused-ring (bicyclic) bond motifs is 1. The van der Waals surface area contributed by atoms with Crippen LogP contribution in [-0.4, -0.2) is 20.6 Å². The van der Waals surface area contributed by atoms with Crippen molar-refractivity contribution in [2.24, 2.45) is 5.41 Å². The van der Waals surface area contributed by atoms with Crippen LogP contribution in [0.3, 0.4) is 0 Å². The summed E-state index contributed by atoms with van der Waals surface area (Å²) in [5.41, 5.74) is 1.57. The summed E-state index contributed by atoms with van der Waals surface area (Å²) in [6.07, 6.45) is 4.64. The molecule has 5 nitrogen and oxygen atoms in total. The van der Waals surface area contributed by atoms with Crippen LogP contribution < -0.4 is 5.69 Å². The van der Waals surface area contributed by atoms with E-state index in [4.69, 9.17) is 5.11 Å². The van der Waals surface area contributed by atoms with Crippen molar-refractivity contribution in [3.63, 3.8) is 0 Å². The number of carboxylic acids is 1. The second-order valence-corrected chi connectivity index (χ2v) is 6.07. The van der Waals surface area contributed by atoms with E-state index in [0.717, 1.165) is 12.8 Å². The quantitative estimate of drug-likeness (QED) is 0.903. The van der Waals surface area contributed by atoms with Crippen molar-refractivity contribution in [3.05, 3.63) is 34.2 Å². The molecular weight excluding hydrogens is 256 g/mol. The number of benzene rings is 1. The van der Waals surface area contributed by atoms with E-state index in [-0.39, 0.29) is 16.7 Å². The van der Waals surface area contributed by atoms with E-state index in [1.54, 1.807) is 16.7 Å². The maximum Gasteiger partial charge on any atom is 0.335 e. The third-order valence-corrected chi connectivity index (χ3v) is 4.37. The lowest BCUT2D eigenvalue weighted by Gasteiger charge is -2.23. The normalized spacial score (nSPS) is 17.6. The highest BCUT2D eigenvalue weighted by molar-refractivity contribution is 5.92. The fourth-order valence-electron chi connectivity index (χ4n) is 3.21. The van der Waals surface area contributed by atoms with Crippen molar-refractivity contribution in [2.75, 3.05) is 0 Å². The molecule has 1 saturated carbocycles. The number of nitrogens with one attached hydrogen (secondary N) is 1. The fraction of sp³-hybridized carbons (Fsp3) is 0.467. The average Bonchev–Trinajstić information content (AvgIpc) is 2.95. The van der Waals surface area contributed by atoms with E-state index in [9.17, 15) is 9.59 Å². The second-order valence-electron chi connectivity index (χ2n) is 6.07. The van der Waals surface area contributed by atoms with Gasteiger partial charge in [0.2, 0.25) is 0 Å². The summed E-state index contributed by atoms with van der Waals surface area (Å²) in [4.78, 5) is 26.0. The summed E-state index contributed by atoms with van der Waals surface area (Å²) in [7, 11) is 0. The number of imidazole rings is 1. The van der Waals surface area contributed by atoms with Gasteiger partial charge in [-0.1, -0.05) is 19.8 Å². The van der Waals surface area contributed by atoms with Gasteiger partial charge in [0.25, 0.3) is 0 Å². The topological polar surface area (TPSA) is 75.1 Å². The number of aromatic amines is 1.